The number of rotatable bonds is 20. The van der Waals surface area contributed by atoms with E-state index in [1.54, 1.807) is 24.3 Å². The van der Waals surface area contributed by atoms with E-state index in [0.29, 0.717) is 42.7 Å². The number of aromatic hydroxyl groups is 1. The van der Waals surface area contributed by atoms with E-state index in [9.17, 15) is 14.7 Å². The summed E-state index contributed by atoms with van der Waals surface area (Å²) in [5.74, 6) is 2.16. The van der Waals surface area contributed by atoms with Crippen molar-refractivity contribution >= 4 is 11.8 Å². The first kappa shape index (κ1) is 36.3. The van der Waals surface area contributed by atoms with Crippen molar-refractivity contribution in [3.8, 4) is 28.7 Å². The molecule has 2 amide bonds. The molecule has 0 aliphatic rings. The molecule has 0 bridgehead atoms. The minimum absolute atomic E-state index is 0.0110. The number of hydrogen-bond acceptors (Lipinski definition) is 6. The summed E-state index contributed by atoms with van der Waals surface area (Å²) in [4.78, 5) is 24.7. The van der Waals surface area contributed by atoms with E-state index in [4.69, 9.17) is 14.2 Å². The quantitative estimate of drug-likeness (QED) is 0.104. The maximum absolute atomic E-state index is 12.4. The Morgan fingerprint density at radius 2 is 1.20 bits per heavy atom. The summed E-state index contributed by atoms with van der Waals surface area (Å²) in [5, 5.41) is 16.6. The number of benzene rings is 2. The van der Waals surface area contributed by atoms with Crippen molar-refractivity contribution in [1.82, 2.24) is 10.6 Å². The van der Waals surface area contributed by atoms with E-state index >= 15 is 0 Å². The number of ether oxygens (including phenoxy) is 3. The molecule has 242 valence electrons. The summed E-state index contributed by atoms with van der Waals surface area (Å²) in [7, 11) is 2.99. The van der Waals surface area contributed by atoms with Gasteiger partial charge in [-0.1, -0.05) is 58.1 Å². The molecule has 0 radical (unpaired) electrons. The monoisotopic (exact) mass is 608 g/mol. The van der Waals surface area contributed by atoms with Crippen LogP contribution in [0.4, 0.5) is 0 Å². The van der Waals surface area contributed by atoms with Crippen LogP contribution in [0.3, 0.4) is 0 Å². The van der Waals surface area contributed by atoms with Crippen LogP contribution in [0.15, 0.2) is 54.6 Å². The first-order chi connectivity index (χ1) is 21.1. The molecular weight excluding hydrogens is 556 g/mol. The molecule has 2 rings (SSSR count). The van der Waals surface area contributed by atoms with Crippen molar-refractivity contribution in [2.24, 2.45) is 11.8 Å². The molecule has 0 fully saturated rings. The fraction of sp³-hybridized carbons (Fsp3) is 0.500. The highest BCUT2D eigenvalue weighted by Crippen LogP contribution is 2.42. The second-order valence-corrected chi connectivity index (χ2v) is 11.6. The molecule has 0 atom stereocenters. The van der Waals surface area contributed by atoms with Gasteiger partial charge in [-0.2, -0.15) is 0 Å². The minimum Gasteiger partial charge on any atom is -0.502 e. The van der Waals surface area contributed by atoms with Gasteiger partial charge in [0.05, 0.1) is 14.2 Å². The highest BCUT2D eigenvalue weighted by atomic mass is 16.5. The summed E-state index contributed by atoms with van der Waals surface area (Å²) in [6, 6.07) is 8.71. The largest absolute Gasteiger partial charge is 0.502 e. The number of allylic oxidation sites excluding steroid dienone is 4. The number of phenols is 1. The van der Waals surface area contributed by atoms with E-state index < -0.39 is 0 Å². The Morgan fingerprint density at radius 1 is 0.705 bits per heavy atom. The van der Waals surface area contributed by atoms with Crippen LogP contribution in [0.2, 0.25) is 0 Å². The third-order valence-corrected chi connectivity index (χ3v) is 6.84. The van der Waals surface area contributed by atoms with Crippen molar-refractivity contribution < 1.29 is 28.9 Å². The van der Waals surface area contributed by atoms with Gasteiger partial charge in [-0.3, -0.25) is 9.59 Å². The van der Waals surface area contributed by atoms with Gasteiger partial charge < -0.3 is 30.0 Å². The number of phenolic OH excluding ortho intramolecular Hbond substituents is 1. The number of carbonyl (C=O) groups excluding carboxylic acids is 2. The van der Waals surface area contributed by atoms with Crippen LogP contribution in [-0.4, -0.2) is 31.1 Å². The SMILES string of the molecule is COc1cc(CNC(=O)CCCC/C=C/C(C)C)ccc1Oc1cc(CNC(=O)CCCC/C=C/C(C)C)cc(OC)c1O. The van der Waals surface area contributed by atoms with E-state index in [1.807, 2.05) is 6.07 Å². The first-order valence-corrected chi connectivity index (χ1v) is 15.7. The highest BCUT2D eigenvalue weighted by Gasteiger charge is 2.16. The topological polar surface area (TPSA) is 106 Å². The molecule has 0 heterocycles. The minimum atomic E-state index is -0.157. The number of unbranched alkanes of at least 4 members (excludes halogenated alkanes) is 4. The van der Waals surface area contributed by atoms with Gasteiger partial charge in [0.2, 0.25) is 17.6 Å². The van der Waals surface area contributed by atoms with Gasteiger partial charge in [0.1, 0.15) is 0 Å². The van der Waals surface area contributed by atoms with Crippen LogP contribution in [0.1, 0.15) is 90.2 Å². The second-order valence-electron chi connectivity index (χ2n) is 11.6. The highest BCUT2D eigenvalue weighted by molar-refractivity contribution is 5.76. The first-order valence-electron chi connectivity index (χ1n) is 15.7. The fourth-order valence-corrected chi connectivity index (χ4v) is 4.41. The summed E-state index contributed by atoms with van der Waals surface area (Å²) in [6.07, 6.45) is 15.2. The third-order valence-electron chi connectivity index (χ3n) is 6.84. The van der Waals surface area contributed by atoms with Gasteiger partial charge >= 0.3 is 0 Å². The summed E-state index contributed by atoms with van der Waals surface area (Å²) in [5.41, 5.74) is 1.58. The van der Waals surface area contributed by atoms with Crippen LogP contribution >= 0.6 is 0 Å². The van der Waals surface area contributed by atoms with Crippen molar-refractivity contribution in [2.45, 2.75) is 92.2 Å². The molecular formula is C36H52N2O6. The van der Waals surface area contributed by atoms with Gasteiger partial charge in [0, 0.05) is 25.9 Å². The van der Waals surface area contributed by atoms with Gasteiger partial charge in [0.25, 0.3) is 0 Å². The lowest BCUT2D eigenvalue weighted by molar-refractivity contribution is -0.122. The van der Waals surface area contributed by atoms with Crippen molar-refractivity contribution in [2.75, 3.05) is 14.2 Å². The summed E-state index contributed by atoms with van der Waals surface area (Å²) < 4.78 is 17.0. The molecule has 8 nitrogen and oxygen atoms in total. The molecule has 2 aromatic rings. The van der Waals surface area contributed by atoms with Gasteiger partial charge in [-0.25, -0.2) is 0 Å². The Balaban J connectivity index is 1.94. The van der Waals surface area contributed by atoms with Gasteiger partial charge in [0.15, 0.2) is 23.0 Å². The van der Waals surface area contributed by atoms with Gasteiger partial charge in [-0.15, -0.1) is 0 Å². The summed E-state index contributed by atoms with van der Waals surface area (Å²) in [6.45, 7) is 9.22. The van der Waals surface area contributed by atoms with E-state index in [-0.39, 0.29) is 35.6 Å². The molecule has 0 saturated carbocycles. The standard InChI is InChI=1S/C36H52N2O6/c1-26(2)15-11-7-9-13-17-34(39)37-24-28-19-20-30(31(21-28)42-5)44-33-23-29(22-32(43-6)36(33)41)25-38-35(40)18-14-10-8-12-16-27(3)4/h11-12,15-16,19-23,26-27,41H,7-10,13-14,17-18,24-25H2,1-6H3,(H,37,39)(H,38,40)/b15-11+,16-12+. The molecule has 2 aromatic carbocycles. The second kappa shape index (κ2) is 20.1. The normalized spacial score (nSPS) is 11.5. The molecule has 44 heavy (non-hydrogen) atoms. The van der Waals surface area contributed by atoms with Crippen LogP contribution in [0.25, 0.3) is 0 Å². The molecule has 0 aliphatic carbocycles. The molecule has 0 unspecified atom stereocenters. The zero-order valence-corrected chi connectivity index (χ0v) is 27.4. The molecule has 3 N–H and O–H groups in total. The van der Waals surface area contributed by atoms with Crippen LogP contribution in [0, 0.1) is 11.8 Å². The van der Waals surface area contributed by atoms with Crippen LogP contribution in [0.5, 0.6) is 28.7 Å². The number of nitrogens with one attached hydrogen (secondary N) is 2. The molecule has 0 aliphatic heterocycles. The Labute approximate surface area is 263 Å². The average molecular weight is 609 g/mol. The molecule has 0 aromatic heterocycles. The van der Waals surface area contributed by atoms with E-state index in [0.717, 1.165) is 49.7 Å². The van der Waals surface area contributed by atoms with Crippen LogP contribution in [-0.2, 0) is 22.7 Å². The zero-order valence-electron chi connectivity index (χ0n) is 27.4. The maximum atomic E-state index is 12.4. The average Bonchev–Trinajstić information content (AvgIpc) is 2.99. The van der Waals surface area contributed by atoms with Gasteiger partial charge in [-0.05, 0) is 85.8 Å². The third kappa shape index (κ3) is 14.0. The van der Waals surface area contributed by atoms with Crippen molar-refractivity contribution in [1.29, 1.82) is 0 Å². The Bertz CT molecular complexity index is 1240. The predicted molar refractivity (Wildman–Crippen MR) is 176 cm³/mol. The predicted octanol–water partition coefficient (Wildman–Crippen LogP) is 7.98. The van der Waals surface area contributed by atoms with E-state index in [1.165, 1.54) is 14.2 Å². The fourth-order valence-electron chi connectivity index (χ4n) is 4.41. The van der Waals surface area contributed by atoms with Crippen molar-refractivity contribution in [3.05, 3.63) is 65.8 Å². The maximum Gasteiger partial charge on any atom is 0.220 e. The molecule has 8 heteroatoms. The Morgan fingerprint density at radius 3 is 1.73 bits per heavy atom. The smallest absolute Gasteiger partial charge is 0.220 e. The molecule has 0 spiro atoms. The van der Waals surface area contributed by atoms with E-state index in [2.05, 4.69) is 62.6 Å². The Kier molecular flexibility index (Phi) is 16.6. The zero-order chi connectivity index (χ0) is 32.3. The number of carbonyl (C=O) groups is 2. The number of methoxy groups -OCH3 is 2. The number of amides is 2. The molecule has 0 saturated heterocycles. The summed E-state index contributed by atoms with van der Waals surface area (Å²) >= 11 is 0. The van der Waals surface area contributed by atoms with Crippen molar-refractivity contribution in [3.63, 3.8) is 0 Å². The lowest BCUT2D eigenvalue weighted by Crippen LogP contribution is -2.22. The number of hydrogen-bond donors (Lipinski definition) is 3. The lowest BCUT2D eigenvalue weighted by atomic mass is 10.1. The lowest BCUT2D eigenvalue weighted by Gasteiger charge is -2.16. The van der Waals surface area contributed by atoms with Crippen LogP contribution < -0.4 is 24.8 Å². The Hall–Kier alpha value is -3.94.